The number of carbonyl (C=O) groups excluding carboxylic acids is 1. The van der Waals surface area contributed by atoms with Crippen LogP contribution in [0.5, 0.6) is 0 Å². The van der Waals surface area contributed by atoms with Gasteiger partial charge in [-0.15, -0.1) is 0 Å². The first-order valence-electron chi connectivity index (χ1n) is 5.70. The third kappa shape index (κ3) is 2.33. The molecule has 20 heavy (non-hydrogen) atoms. The second-order valence-electron chi connectivity index (χ2n) is 4.11. The number of nitrogens with one attached hydrogen (secondary N) is 2. The van der Waals surface area contributed by atoms with Gasteiger partial charge in [0.05, 0.1) is 5.02 Å². The van der Waals surface area contributed by atoms with Crippen LogP contribution in [0.3, 0.4) is 0 Å². The zero-order chi connectivity index (χ0) is 14.1. The highest BCUT2D eigenvalue weighted by molar-refractivity contribution is 6.31. The van der Waals surface area contributed by atoms with E-state index < -0.39 is 5.82 Å². The Morgan fingerprint density at radius 2 is 1.95 bits per heavy atom. The lowest BCUT2D eigenvalue weighted by atomic mass is 10.2. The van der Waals surface area contributed by atoms with Gasteiger partial charge in [0.15, 0.2) is 0 Å². The molecule has 3 aromatic rings. The van der Waals surface area contributed by atoms with E-state index in [1.165, 1.54) is 18.2 Å². The van der Waals surface area contributed by atoms with Crippen LogP contribution in [0.2, 0.25) is 5.02 Å². The van der Waals surface area contributed by atoms with E-state index in [1.54, 1.807) is 18.2 Å². The normalized spacial score (nSPS) is 10.7. The number of amides is 1. The van der Waals surface area contributed by atoms with Crippen molar-refractivity contribution in [2.45, 2.75) is 0 Å². The monoisotopic (exact) mass is 290 g/mol. The summed E-state index contributed by atoms with van der Waals surface area (Å²) in [5.74, 6) is -0.869. The Morgan fingerprint density at radius 3 is 2.75 bits per heavy atom. The van der Waals surface area contributed by atoms with Gasteiger partial charge in [-0.3, -0.25) is 4.79 Å². The van der Waals surface area contributed by atoms with E-state index in [9.17, 15) is 9.18 Å². The predicted octanol–water partition coefficient (Wildman–Crippen LogP) is 3.00. The van der Waals surface area contributed by atoms with Crippen LogP contribution in [0.4, 0.5) is 10.1 Å². The van der Waals surface area contributed by atoms with Crippen LogP contribution in [0.1, 0.15) is 10.4 Å². The highest BCUT2D eigenvalue weighted by Gasteiger charge is 2.09. The molecule has 3 rings (SSSR count). The van der Waals surface area contributed by atoms with Crippen LogP contribution in [0.25, 0.3) is 11.0 Å². The lowest BCUT2D eigenvalue weighted by molar-refractivity contribution is 0.102. The Bertz CT molecular complexity index is 802. The van der Waals surface area contributed by atoms with Crippen molar-refractivity contribution in [1.29, 1.82) is 0 Å². The molecule has 0 radical (unpaired) electrons. The van der Waals surface area contributed by atoms with E-state index in [2.05, 4.69) is 20.7 Å². The molecule has 0 bridgehead atoms. The Labute approximate surface area is 117 Å². The van der Waals surface area contributed by atoms with Crippen LogP contribution in [-0.4, -0.2) is 21.3 Å². The van der Waals surface area contributed by atoms with Crippen LogP contribution >= 0.6 is 11.6 Å². The minimum absolute atomic E-state index is 0.0465. The first kappa shape index (κ1) is 12.6. The zero-order valence-electron chi connectivity index (χ0n) is 10.0. The number of carbonyl (C=O) groups is 1. The molecule has 7 heteroatoms. The van der Waals surface area contributed by atoms with Crippen LogP contribution in [0.15, 0.2) is 36.4 Å². The number of rotatable bonds is 2. The minimum Gasteiger partial charge on any atom is -0.322 e. The fraction of sp³-hybridized carbons (Fsp3) is 0. The van der Waals surface area contributed by atoms with Crippen molar-refractivity contribution < 1.29 is 9.18 Å². The lowest BCUT2D eigenvalue weighted by Crippen LogP contribution is -2.11. The summed E-state index contributed by atoms with van der Waals surface area (Å²) in [4.78, 5) is 12.1. The molecule has 0 saturated carbocycles. The number of benzene rings is 2. The van der Waals surface area contributed by atoms with Gasteiger partial charge in [-0.25, -0.2) is 4.39 Å². The molecule has 1 amide bonds. The predicted molar refractivity (Wildman–Crippen MR) is 73.3 cm³/mol. The number of aromatic amines is 1. The molecule has 0 aliphatic heterocycles. The van der Waals surface area contributed by atoms with Gasteiger partial charge >= 0.3 is 0 Å². The van der Waals surface area contributed by atoms with Crippen molar-refractivity contribution >= 4 is 34.2 Å². The van der Waals surface area contributed by atoms with Crippen LogP contribution in [0, 0.1) is 5.82 Å². The van der Waals surface area contributed by atoms with Gasteiger partial charge < -0.3 is 5.32 Å². The van der Waals surface area contributed by atoms with Crippen LogP contribution < -0.4 is 5.32 Å². The van der Waals surface area contributed by atoms with E-state index in [4.69, 9.17) is 11.6 Å². The van der Waals surface area contributed by atoms with Crippen molar-refractivity contribution in [3.63, 3.8) is 0 Å². The van der Waals surface area contributed by atoms with E-state index >= 15 is 0 Å². The summed E-state index contributed by atoms with van der Waals surface area (Å²) in [6.45, 7) is 0. The number of hydrogen-bond donors (Lipinski definition) is 2. The molecule has 5 nitrogen and oxygen atoms in total. The summed E-state index contributed by atoms with van der Waals surface area (Å²) in [6, 6.07) is 8.91. The first-order chi connectivity index (χ1) is 9.63. The number of hydrogen-bond acceptors (Lipinski definition) is 3. The van der Waals surface area contributed by atoms with Gasteiger partial charge in [-0.1, -0.05) is 11.6 Å². The minimum atomic E-state index is -0.534. The van der Waals surface area contributed by atoms with Crippen molar-refractivity contribution in [2.24, 2.45) is 0 Å². The highest BCUT2D eigenvalue weighted by atomic mass is 35.5. The average Bonchev–Trinajstić information content (AvgIpc) is 2.90. The molecule has 2 N–H and O–H groups in total. The number of aromatic nitrogens is 3. The molecule has 0 unspecified atom stereocenters. The lowest BCUT2D eigenvalue weighted by Gasteiger charge is -2.05. The molecule has 0 aliphatic rings. The van der Waals surface area contributed by atoms with Gasteiger partial charge in [-0.05, 0) is 36.4 Å². The molecule has 0 fully saturated rings. The molecule has 0 spiro atoms. The molecule has 0 saturated heterocycles. The maximum Gasteiger partial charge on any atom is 0.255 e. The van der Waals surface area contributed by atoms with E-state index in [1.807, 2.05) is 0 Å². The number of nitrogens with zero attached hydrogens (tertiary/aromatic N) is 2. The summed E-state index contributed by atoms with van der Waals surface area (Å²) >= 11 is 5.66. The molecular formula is C13H8ClFN4O. The third-order valence-electron chi connectivity index (χ3n) is 2.76. The maximum atomic E-state index is 13.0. The van der Waals surface area contributed by atoms with Gasteiger partial charge in [0, 0.05) is 11.3 Å². The SMILES string of the molecule is O=C(Nc1ccc(F)c(Cl)c1)c1ccc2n[nH]nc2c1. The summed E-state index contributed by atoms with van der Waals surface area (Å²) in [5, 5.41) is 12.9. The summed E-state index contributed by atoms with van der Waals surface area (Å²) < 4.78 is 13.0. The standard InChI is InChI=1S/C13H8ClFN4O/c14-9-6-8(2-3-10(9)15)16-13(20)7-1-4-11-12(5-7)18-19-17-11/h1-6H,(H,16,20)(H,17,18,19). The highest BCUT2D eigenvalue weighted by Crippen LogP contribution is 2.20. The molecular weight excluding hydrogens is 283 g/mol. The number of fused-ring (bicyclic) bond motifs is 1. The molecule has 0 atom stereocenters. The quantitative estimate of drug-likeness (QED) is 0.762. The smallest absolute Gasteiger partial charge is 0.255 e. The number of halogens is 2. The molecule has 1 heterocycles. The Morgan fingerprint density at radius 1 is 1.15 bits per heavy atom. The molecule has 1 aromatic heterocycles. The summed E-state index contributed by atoms with van der Waals surface area (Å²) in [7, 11) is 0. The maximum absolute atomic E-state index is 13.0. The summed E-state index contributed by atoms with van der Waals surface area (Å²) in [5.41, 5.74) is 2.11. The number of anilines is 1. The Hall–Kier alpha value is -2.47. The van der Waals surface area contributed by atoms with Gasteiger partial charge in [-0.2, -0.15) is 15.4 Å². The van der Waals surface area contributed by atoms with Crippen molar-refractivity contribution in [2.75, 3.05) is 5.32 Å². The topological polar surface area (TPSA) is 70.7 Å². The average molecular weight is 291 g/mol. The van der Waals surface area contributed by atoms with Gasteiger partial charge in [0.1, 0.15) is 16.9 Å². The van der Waals surface area contributed by atoms with E-state index in [-0.39, 0.29) is 10.9 Å². The zero-order valence-corrected chi connectivity index (χ0v) is 10.8. The van der Waals surface area contributed by atoms with Gasteiger partial charge in [0.25, 0.3) is 5.91 Å². The molecule has 100 valence electrons. The fourth-order valence-electron chi connectivity index (χ4n) is 1.76. The molecule has 2 aromatic carbocycles. The van der Waals surface area contributed by atoms with Gasteiger partial charge in [0.2, 0.25) is 0 Å². The van der Waals surface area contributed by atoms with Crippen LogP contribution in [-0.2, 0) is 0 Å². The second-order valence-corrected chi connectivity index (χ2v) is 4.52. The van der Waals surface area contributed by atoms with Crippen molar-refractivity contribution in [3.05, 3.63) is 52.8 Å². The number of H-pyrrole nitrogens is 1. The van der Waals surface area contributed by atoms with E-state index in [0.717, 1.165) is 0 Å². The van der Waals surface area contributed by atoms with Crippen molar-refractivity contribution in [1.82, 2.24) is 15.4 Å². The van der Waals surface area contributed by atoms with E-state index in [0.29, 0.717) is 22.3 Å². The Balaban J connectivity index is 1.86. The second kappa shape index (κ2) is 4.90. The third-order valence-corrected chi connectivity index (χ3v) is 3.05. The van der Waals surface area contributed by atoms with Crippen molar-refractivity contribution in [3.8, 4) is 0 Å². The first-order valence-corrected chi connectivity index (χ1v) is 6.08. The fourth-order valence-corrected chi connectivity index (χ4v) is 1.94. The largest absolute Gasteiger partial charge is 0.322 e. The Kier molecular flexibility index (Phi) is 3.08. The molecule has 0 aliphatic carbocycles. The summed E-state index contributed by atoms with van der Waals surface area (Å²) in [6.07, 6.45) is 0.